The molecule has 0 aliphatic rings. The number of hydrogen-bond donors (Lipinski definition) is 2. The number of aromatic amines is 1. The third kappa shape index (κ3) is 2.38. The minimum atomic E-state index is -0.0786. The Kier molecular flexibility index (Phi) is 3.69. The molecule has 3 nitrogen and oxygen atoms in total. The van der Waals surface area contributed by atoms with E-state index in [9.17, 15) is 4.79 Å². The predicted molar refractivity (Wildman–Crippen MR) is 73.3 cm³/mol. The smallest absolute Gasteiger partial charge is 0.253 e. The lowest BCUT2D eigenvalue weighted by molar-refractivity contribution is 0.0938. The van der Waals surface area contributed by atoms with E-state index >= 15 is 0 Å². The van der Waals surface area contributed by atoms with Gasteiger partial charge < -0.3 is 10.3 Å². The number of nitrogens with one attached hydrogen (secondary N) is 2. The van der Waals surface area contributed by atoms with Gasteiger partial charge in [0.25, 0.3) is 5.91 Å². The van der Waals surface area contributed by atoms with Crippen molar-refractivity contribution in [2.45, 2.75) is 25.8 Å². The van der Waals surface area contributed by atoms with Gasteiger partial charge in [-0.2, -0.15) is 0 Å². The van der Waals surface area contributed by atoms with E-state index in [1.807, 2.05) is 37.4 Å². The summed E-state index contributed by atoms with van der Waals surface area (Å²) in [5.41, 5.74) is 1.53. The zero-order valence-corrected chi connectivity index (χ0v) is 10.4. The minimum absolute atomic E-state index is 0.0349. The number of carbonyl (C=O) groups is 1. The van der Waals surface area contributed by atoms with Gasteiger partial charge in [-0.25, -0.2) is 0 Å². The quantitative estimate of drug-likeness (QED) is 0.793. The van der Waals surface area contributed by atoms with Crippen LogP contribution in [0.15, 0.2) is 30.5 Å². The first kappa shape index (κ1) is 12.3. The second-order valence-corrected chi connectivity index (χ2v) is 4.23. The number of H-pyrrole nitrogens is 1. The number of rotatable bonds is 4. The van der Waals surface area contributed by atoms with Crippen molar-refractivity contribution in [1.82, 2.24) is 10.3 Å². The Balaban J connectivity index is 2.23. The lowest BCUT2D eigenvalue weighted by Crippen LogP contribution is -2.34. The number of benzene rings is 1. The summed E-state index contributed by atoms with van der Waals surface area (Å²) in [7, 11) is 0. The van der Waals surface area contributed by atoms with Crippen LogP contribution in [0.1, 0.15) is 30.1 Å². The molecule has 0 radical (unpaired) electrons. The van der Waals surface area contributed by atoms with Gasteiger partial charge in [-0.05, 0) is 18.6 Å². The number of fused-ring (bicyclic) bond motifs is 1. The molecule has 1 amide bonds. The third-order valence-electron chi connectivity index (χ3n) is 3.02. The lowest BCUT2D eigenvalue weighted by atomic mass is 10.1. The van der Waals surface area contributed by atoms with E-state index in [0.717, 1.165) is 17.3 Å². The van der Waals surface area contributed by atoms with Crippen molar-refractivity contribution in [3.8, 4) is 12.3 Å². The van der Waals surface area contributed by atoms with E-state index in [-0.39, 0.29) is 11.9 Å². The number of amides is 1. The Bertz CT molecular complexity index is 592. The van der Waals surface area contributed by atoms with E-state index in [1.165, 1.54) is 0 Å². The van der Waals surface area contributed by atoms with Crippen molar-refractivity contribution in [3.05, 3.63) is 36.0 Å². The average Bonchev–Trinajstić information content (AvgIpc) is 2.85. The van der Waals surface area contributed by atoms with Crippen LogP contribution in [-0.4, -0.2) is 16.9 Å². The highest BCUT2D eigenvalue weighted by atomic mass is 16.1. The summed E-state index contributed by atoms with van der Waals surface area (Å²) in [5.74, 6) is 2.51. The number of carbonyl (C=O) groups excluding carboxylic acids is 1. The molecule has 0 bridgehead atoms. The summed E-state index contributed by atoms with van der Waals surface area (Å²) in [6.45, 7) is 2.01. The Morgan fingerprint density at radius 1 is 1.50 bits per heavy atom. The molecular formula is C15H16N2O. The molecule has 1 aromatic heterocycles. The van der Waals surface area contributed by atoms with Crippen molar-refractivity contribution in [3.63, 3.8) is 0 Å². The van der Waals surface area contributed by atoms with Crippen LogP contribution in [0.5, 0.6) is 0 Å². The van der Waals surface area contributed by atoms with Crippen LogP contribution in [0.25, 0.3) is 10.9 Å². The molecule has 18 heavy (non-hydrogen) atoms. The summed E-state index contributed by atoms with van der Waals surface area (Å²) in [6, 6.07) is 7.66. The molecule has 1 unspecified atom stereocenters. The fraction of sp³-hybridized carbons (Fsp3) is 0.267. The summed E-state index contributed by atoms with van der Waals surface area (Å²) < 4.78 is 0. The maximum Gasteiger partial charge on any atom is 0.253 e. The molecule has 0 spiro atoms. The van der Waals surface area contributed by atoms with E-state index in [4.69, 9.17) is 6.42 Å². The lowest BCUT2D eigenvalue weighted by Gasteiger charge is -2.14. The maximum atomic E-state index is 12.2. The Hall–Kier alpha value is -2.21. The van der Waals surface area contributed by atoms with Crippen LogP contribution >= 0.6 is 0 Å². The molecule has 1 atom stereocenters. The first-order chi connectivity index (χ1) is 8.76. The molecule has 0 aliphatic carbocycles. The highest BCUT2D eigenvalue weighted by molar-refractivity contribution is 6.05. The van der Waals surface area contributed by atoms with Crippen molar-refractivity contribution in [2.75, 3.05) is 0 Å². The number of aromatic nitrogens is 1. The Morgan fingerprint density at radius 3 is 3.06 bits per heavy atom. The minimum Gasteiger partial charge on any atom is -0.361 e. The van der Waals surface area contributed by atoms with Gasteiger partial charge in [0.15, 0.2) is 0 Å². The molecule has 2 aromatic rings. The van der Waals surface area contributed by atoms with Gasteiger partial charge >= 0.3 is 0 Å². The van der Waals surface area contributed by atoms with Gasteiger partial charge in [0, 0.05) is 24.0 Å². The molecule has 0 saturated carbocycles. The molecule has 0 aliphatic heterocycles. The van der Waals surface area contributed by atoms with Gasteiger partial charge in [0.1, 0.15) is 0 Å². The van der Waals surface area contributed by atoms with E-state index in [2.05, 4.69) is 16.2 Å². The molecular weight excluding hydrogens is 224 g/mol. The van der Waals surface area contributed by atoms with Gasteiger partial charge in [0.2, 0.25) is 0 Å². The fourth-order valence-electron chi connectivity index (χ4n) is 1.98. The van der Waals surface area contributed by atoms with Gasteiger partial charge in [-0.15, -0.1) is 12.3 Å². The molecule has 1 aromatic carbocycles. The maximum absolute atomic E-state index is 12.2. The second kappa shape index (κ2) is 5.42. The van der Waals surface area contributed by atoms with Gasteiger partial charge in [0.05, 0.1) is 11.1 Å². The average molecular weight is 240 g/mol. The summed E-state index contributed by atoms with van der Waals surface area (Å²) >= 11 is 0. The van der Waals surface area contributed by atoms with Crippen molar-refractivity contribution in [1.29, 1.82) is 0 Å². The summed E-state index contributed by atoms with van der Waals surface area (Å²) in [6.07, 6.45) is 8.51. The Morgan fingerprint density at radius 2 is 2.33 bits per heavy atom. The van der Waals surface area contributed by atoms with Crippen LogP contribution < -0.4 is 5.32 Å². The first-order valence-electron chi connectivity index (χ1n) is 6.06. The Labute approximate surface area is 107 Å². The normalized spacial score (nSPS) is 12.0. The zero-order valence-electron chi connectivity index (χ0n) is 10.4. The fourth-order valence-corrected chi connectivity index (χ4v) is 1.98. The molecule has 1 heterocycles. The zero-order chi connectivity index (χ0) is 13.0. The van der Waals surface area contributed by atoms with Crippen molar-refractivity contribution in [2.24, 2.45) is 0 Å². The van der Waals surface area contributed by atoms with E-state index in [1.54, 1.807) is 0 Å². The molecule has 2 N–H and O–H groups in total. The molecule has 3 heteroatoms. The number of terminal acetylenes is 1. The largest absolute Gasteiger partial charge is 0.361 e. The highest BCUT2D eigenvalue weighted by Crippen LogP contribution is 2.17. The predicted octanol–water partition coefficient (Wildman–Crippen LogP) is 2.70. The van der Waals surface area contributed by atoms with Crippen molar-refractivity contribution >= 4 is 16.8 Å². The standard InChI is InChI=1S/C15H16N2O/c1-3-6-12(4-2)17-15(18)13-8-5-7-11-9-10-16-14(11)13/h1,5,7-10,12,16H,4,6H2,2H3,(H,17,18). The molecule has 0 fully saturated rings. The number of hydrogen-bond acceptors (Lipinski definition) is 1. The monoisotopic (exact) mass is 240 g/mol. The first-order valence-corrected chi connectivity index (χ1v) is 6.06. The molecule has 92 valence electrons. The van der Waals surface area contributed by atoms with Crippen LogP contribution in [0.3, 0.4) is 0 Å². The van der Waals surface area contributed by atoms with E-state index in [0.29, 0.717) is 12.0 Å². The van der Waals surface area contributed by atoms with Crippen molar-refractivity contribution < 1.29 is 4.79 Å². The molecule has 2 rings (SSSR count). The second-order valence-electron chi connectivity index (χ2n) is 4.23. The molecule has 0 saturated heterocycles. The van der Waals surface area contributed by atoms with Crippen LogP contribution in [0, 0.1) is 12.3 Å². The van der Waals surface area contributed by atoms with Crippen LogP contribution in [0.2, 0.25) is 0 Å². The SMILES string of the molecule is C#CCC(CC)NC(=O)c1cccc2cc[nH]c12. The van der Waals surface area contributed by atoms with Crippen LogP contribution in [-0.2, 0) is 0 Å². The number of para-hydroxylation sites is 1. The summed E-state index contributed by atoms with van der Waals surface area (Å²) in [4.78, 5) is 15.3. The topological polar surface area (TPSA) is 44.9 Å². The third-order valence-corrected chi connectivity index (χ3v) is 3.02. The highest BCUT2D eigenvalue weighted by Gasteiger charge is 2.14. The summed E-state index contributed by atoms with van der Waals surface area (Å²) in [5, 5.41) is 4.00. The van der Waals surface area contributed by atoms with E-state index < -0.39 is 0 Å². The van der Waals surface area contributed by atoms with Gasteiger partial charge in [-0.1, -0.05) is 19.1 Å². The van der Waals surface area contributed by atoms with Crippen LogP contribution in [0.4, 0.5) is 0 Å². The van der Waals surface area contributed by atoms with Gasteiger partial charge in [-0.3, -0.25) is 4.79 Å².